The van der Waals surface area contributed by atoms with Gasteiger partial charge in [-0.2, -0.15) is 0 Å². The third-order valence-corrected chi connectivity index (χ3v) is 11.6. The third-order valence-electron chi connectivity index (χ3n) is 11.6. The van der Waals surface area contributed by atoms with Gasteiger partial charge in [0.2, 0.25) is 11.8 Å². The van der Waals surface area contributed by atoms with Crippen molar-refractivity contribution in [1.82, 2.24) is 4.90 Å². The molecule has 6 aromatic carbocycles. The molecule has 4 N–H and O–H groups in total. The van der Waals surface area contributed by atoms with Gasteiger partial charge in [0.05, 0.1) is 12.1 Å². The second-order valence-electron chi connectivity index (χ2n) is 14.8. The number of benzene rings is 6. The summed E-state index contributed by atoms with van der Waals surface area (Å²) in [4.78, 5) is 31.7. The lowest BCUT2D eigenvalue weighted by Gasteiger charge is -2.53. The molecule has 0 bridgehead atoms. The van der Waals surface area contributed by atoms with Crippen LogP contribution in [0.15, 0.2) is 182 Å². The Bertz CT molecular complexity index is 1930. The Kier molecular flexibility index (Phi) is 11.1. The van der Waals surface area contributed by atoms with Gasteiger partial charge in [-0.1, -0.05) is 195 Å². The molecule has 1 fully saturated rings. The molecule has 2 unspecified atom stereocenters. The van der Waals surface area contributed by atoms with Crippen LogP contribution in [0.4, 0.5) is 0 Å². The van der Waals surface area contributed by atoms with Gasteiger partial charge >= 0.3 is 0 Å². The highest BCUT2D eigenvalue weighted by atomic mass is 16.3. The highest BCUT2D eigenvalue weighted by Crippen LogP contribution is 2.48. The second kappa shape index (κ2) is 16.3. The van der Waals surface area contributed by atoms with Gasteiger partial charge in [-0.15, -0.1) is 0 Å². The molecule has 0 aliphatic heterocycles. The normalized spacial score (nSPS) is 15.2. The summed E-state index contributed by atoms with van der Waals surface area (Å²) in [5.74, 6) is -1.18. The molecular weight excluding hydrogens is 681 g/mol. The van der Waals surface area contributed by atoms with Crippen molar-refractivity contribution in [3.8, 4) is 0 Å². The molecule has 55 heavy (non-hydrogen) atoms. The zero-order chi connectivity index (χ0) is 38.3. The van der Waals surface area contributed by atoms with E-state index in [1.807, 2.05) is 182 Å². The van der Waals surface area contributed by atoms with Crippen LogP contribution >= 0.6 is 0 Å². The number of hydrogen-bond acceptors (Lipinski definition) is 4. The van der Waals surface area contributed by atoms with Crippen LogP contribution in [0.5, 0.6) is 0 Å². The summed E-state index contributed by atoms with van der Waals surface area (Å²) >= 11 is 0. The molecule has 1 aliphatic carbocycles. The van der Waals surface area contributed by atoms with E-state index in [-0.39, 0.29) is 25.7 Å². The maximum Gasteiger partial charge on any atom is 0.239 e. The topological polar surface area (TPSA) is 104 Å². The van der Waals surface area contributed by atoms with Crippen LogP contribution < -0.4 is 5.73 Å². The molecule has 6 heteroatoms. The summed E-state index contributed by atoms with van der Waals surface area (Å²) in [6.07, 6.45) is 2.23. The molecule has 0 saturated heterocycles. The maximum absolute atomic E-state index is 16.2. The van der Waals surface area contributed by atoms with Crippen molar-refractivity contribution in [2.75, 3.05) is 0 Å². The number of carbonyl (C=O) groups excluding carboxylic acids is 2. The van der Waals surface area contributed by atoms with E-state index in [2.05, 4.69) is 0 Å². The van der Waals surface area contributed by atoms with E-state index in [9.17, 15) is 15.0 Å². The number of nitrogens with two attached hydrogens (primary N) is 1. The van der Waals surface area contributed by atoms with Crippen LogP contribution in [-0.4, -0.2) is 39.0 Å². The molecule has 0 heterocycles. The zero-order valence-electron chi connectivity index (χ0n) is 31.0. The molecule has 6 nitrogen and oxygen atoms in total. The van der Waals surface area contributed by atoms with Crippen molar-refractivity contribution < 1.29 is 19.8 Å². The standard InChI is InChI=1S/C49H48N2O4/c50-45(52)47(33-19-20-34-47)46(53)51(43(35-37-21-7-1-8-22-37)48(54,39-25-11-3-12-26-39)40-27-13-4-14-28-40)44(36-38-23-9-2-10-24-38)49(55,41-29-15-5-16-30-41)42-31-17-6-18-32-42/h1-18,21-32,43-44,54-55H,19-20,33-36H2,(H2,50,52). The van der Waals surface area contributed by atoms with Gasteiger partial charge in [0.15, 0.2) is 0 Å². The molecule has 7 rings (SSSR count). The first-order valence-electron chi connectivity index (χ1n) is 19.2. The first kappa shape index (κ1) is 37.5. The highest BCUT2D eigenvalue weighted by Gasteiger charge is 2.58. The average Bonchev–Trinajstić information content (AvgIpc) is 3.76. The lowest BCUT2D eigenvalue weighted by atomic mass is 9.71. The Morgan fingerprint density at radius 2 is 0.782 bits per heavy atom. The first-order valence-corrected chi connectivity index (χ1v) is 19.2. The van der Waals surface area contributed by atoms with Crippen LogP contribution in [-0.2, 0) is 33.6 Å². The summed E-state index contributed by atoms with van der Waals surface area (Å²) < 4.78 is 0. The number of nitrogens with zero attached hydrogens (tertiary/aromatic N) is 1. The largest absolute Gasteiger partial charge is 0.378 e. The lowest BCUT2D eigenvalue weighted by molar-refractivity contribution is -0.166. The van der Waals surface area contributed by atoms with Crippen molar-refractivity contribution in [2.24, 2.45) is 11.1 Å². The van der Waals surface area contributed by atoms with Crippen LogP contribution in [0.1, 0.15) is 59.1 Å². The van der Waals surface area contributed by atoms with Crippen molar-refractivity contribution >= 4 is 11.8 Å². The van der Waals surface area contributed by atoms with Crippen molar-refractivity contribution in [1.29, 1.82) is 0 Å². The Labute approximate surface area is 323 Å². The predicted octanol–water partition coefficient (Wildman–Crippen LogP) is 7.96. The monoisotopic (exact) mass is 728 g/mol. The molecule has 1 aliphatic rings. The molecule has 0 radical (unpaired) electrons. The van der Waals surface area contributed by atoms with Crippen LogP contribution in [0.3, 0.4) is 0 Å². The quantitative estimate of drug-likeness (QED) is 0.0991. The number of hydrogen-bond donors (Lipinski definition) is 3. The SMILES string of the molecule is NC(=O)C1(C(=O)N(C(Cc2ccccc2)C(O)(c2ccccc2)c2ccccc2)C(Cc2ccccc2)C(O)(c2ccccc2)c2ccccc2)CCCC1. The fourth-order valence-electron chi connectivity index (χ4n) is 8.73. The van der Waals surface area contributed by atoms with Gasteiger partial charge in [-0.05, 0) is 59.1 Å². The minimum Gasteiger partial charge on any atom is -0.378 e. The molecule has 0 spiro atoms. The van der Waals surface area contributed by atoms with Gasteiger partial charge in [0, 0.05) is 0 Å². The van der Waals surface area contributed by atoms with Crippen LogP contribution in [0, 0.1) is 5.41 Å². The number of carbonyl (C=O) groups is 2. The van der Waals surface area contributed by atoms with E-state index in [4.69, 9.17) is 5.73 Å². The third kappa shape index (κ3) is 7.23. The van der Waals surface area contributed by atoms with Gasteiger partial charge in [-0.3, -0.25) is 9.59 Å². The number of primary amides is 1. The highest BCUT2D eigenvalue weighted by molar-refractivity contribution is 6.05. The molecule has 6 aromatic rings. The van der Waals surface area contributed by atoms with E-state index in [0.29, 0.717) is 35.1 Å². The smallest absolute Gasteiger partial charge is 0.239 e. The lowest BCUT2D eigenvalue weighted by Crippen LogP contribution is -2.67. The van der Waals surface area contributed by atoms with Crippen molar-refractivity contribution in [3.05, 3.63) is 215 Å². The van der Waals surface area contributed by atoms with Gasteiger partial charge in [0.25, 0.3) is 0 Å². The Morgan fingerprint density at radius 3 is 1.05 bits per heavy atom. The van der Waals surface area contributed by atoms with E-state index in [0.717, 1.165) is 11.1 Å². The van der Waals surface area contributed by atoms with Crippen LogP contribution in [0.25, 0.3) is 0 Å². The summed E-state index contributed by atoms with van der Waals surface area (Å²) in [5, 5.41) is 27.8. The van der Waals surface area contributed by atoms with Gasteiger partial charge in [-0.25, -0.2) is 0 Å². The Balaban J connectivity index is 1.61. The van der Waals surface area contributed by atoms with E-state index >= 15 is 4.79 Å². The molecule has 1 saturated carbocycles. The second-order valence-corrected chi connectivity index (χ2v) is 14.8. The fourth-order valence-corrected chi connectivity index (χ4v) is 8.73. The molecule has 278 valence electrons. The average molecular weight is 729 g/mol. The Hall–Kier alpha value is -5.82. The number of aliphatic hydroxyl groups is 2. The minimum atomic E-state index is -1.84. The molecular formula is C49H48N2O4. The van der Waals surface area contributed by atoms with Gasteiger partial charge < -0.3 is 20.8 Å². The van der Waals surface area contributed by atoms with E-state index in [1.165, 1.54) is 0 Å². The first-order chi connectivity index (χ1) is 26.8. The Morgan fingerprint density at radius 1 is 0.509 bits per heavy atom. The zero-order valence-corrected chi connectivity index (χ0v) is 31.0. The molecule has 0 aromatic heterocycles. The maximum atomic E-state index is 16.2. The fraction of sp³-hybridized carbons (Fsp3) is 0.224. The van der Waals surface area contributed by atoms with E-state index in [1.54, 1.807) is 4.90 Å². The molecule has 2 atom stereocenters. The van der Waals surface area contributed by atoms with Crippen molar-refractivity contribution in [3.63, 3.8) is 0 Å². The molecule has 2 amide bonds. The summed E-state index contributed by atoms with van der Waals surface area (Å²) in [6.45, 7) is 0. The summed E-state index contributed by atoms with van der Waals surface area (Å²) in [5.41, 5.74) is 5.13. The van der Waals surface area contributed by atoms with Gasteiger partial charge in [0.1, 0.15) is 16.6 Å². The van der Waals surface area contributed by atoms with Crippen LogP contribution in [0.2, 0.25) is 0 Å². The predicted molar refractivity (Wildman–Crippen MR) is 217 cm³/mol. The van der Waals surface area contributed by atoms with E-state index < -0.39 is 40.5 Å². The number of amides is 2. The summed E-state index contributed by atoms with van der Waals surface area (Å²) in [6, 6.07) is 55.1. The van der Waals surface area contributed by atoms with Crippen molar-refractivity contribution in [2.45, 2.75) is 61.8 Å². The minimum absolute atomic E-state index is 0.187. The number of rotatable bonds is 14. The summed E-state index contributed by atoms with van der Waals surface area (Å²) in [7, 11) is 0.